The Morgan fingerprint density at radius 3 is 2.72 bits per heavy atom. The number of amides is 2. The van der Waals surface area contributed by atoms with E-state index in [1.165, 1.54) is 18.0 Å². The molecule has 1 aliphatic rings. The molecule has 0 saturated carbocycles. The monoisotopic (exact) mass is 461 g/mol. The van der Waals surface area contributed by atoms with Gasteiger partial charge < -0.3 is 20.6 Å². The van der Waals surface area contributed by atoms with Gasteiger partial charge in [-0.2, -0.15) is 5.26 Å². The van der Waals surface area contributed by atoms with Gasteiger partial charge in [0.1, 0.15) is 12.1 Å². The zero-order chi connectivity index (χ0) is 21.6. The van der Waals surface area contributed by atoms with Gasteiger partial charge in [-0.25, -0.2) is 0 Å². The van der Waals surface area contributed by atoms with Crippen LogP contribution in [-0.4, -0.2) is 39.1 Å². The lowest BCUT2D eigenvalue weighted by atomic mass is 9.99. The molecule has 8 nitrogen and oxygen atoms in total. The van der Waals surface area contributed by atoms with Crippen LogP contribution in [0.1, 0.15) is 38.8 Å². The van der Waals surface area contributed by atoms with E-state index in [9.17, 15) is 20.0 Å². The number of nitrogens with zero attached hydrogens (tertiary/aromatic N) is 3. The zero-order valence-corrected chi connectivity index (χ0v) is 18.0. The van der Waals surface area contributed by atoms with Crippen LogP contribution in [0.3, 0.4) is 0 Å². The average molecular weight is 462 g/mol. The highest BCUT2D eigenvalue weighted by Crippen LogP contribution is 2.22. The van der Waals surface area contributed by atoms with Crippen molar-refractivity contribution in [1.29, 1.82) is 5.26 Å². The van der Waals surface area contributed by atoms with Crippen LogP contribution in [0, 0.1) is 17.2 Å². The lowest BCUT2D eigenvalue weighted by Gasteiger charge is -2.37. The first-order valence-electron chi connectivity index (χ1n) is 9.14. The molecule has 2 heterocycles. The van der Waals surface area contributed by atoms with Gasteiger partial charge in [-0.05, 0) is 46.5 Å². The first kappa shape index (κ1) is 22.6. The van der Waals surface area contributed by atoms with Crippen LogP contribution < -0.4 is 10.6 Å². The Labute approximate surface area is 178 Å². The molecule has 3 N–H and O–H groups in total. The predicted octanol–water partition coefficient (Wildman–Crippen LogP) is 2.11. The topological polar surface area (TPSA) is 118 Å². The summed E-state index contributed by atoms with van der Waals surface area (Å²) in [7, 11) is 0. The van der Waals surface area contributed by atoms with Crippen molar-refractivity contribution < 1.29 is 14.7 Å². The molecule has 9 heteroatoms. The summed E-state index contributed by atoms with van der Waals surface area (Å²) >= 11 is 3.31. The second-order valence-corrected chi connectivity index (χ2v) is 8.03. The maximum absolute atomic E-state index is 13.1. The number of aromatic nitrogens is 1. The molecule has 154 valence electrons. The quantitative estimate of drug-likeness (QED) is 0.571. The van der Waals surface area contributed by atoms with E-state index in [2.05, 4.69) is 37.6 Å². The minimum Gasteiger partial charge on any atom is -0.368 e. The Morgan fingerprint density at radius 2 is 2.14 bits per heavy atom. The van der Waals surface area contributed by atoms with Crippen molar-refractivity contribution in [3.63, 3.8) is 0 Å². The fourth-order valence-electron chi connectivity index (χ4n) is 2.98. The number of aliphatic hydroxyl groups is 1. The number of hydrogen-bond donors (Lipinski definition) is 3. The van der Waals surface area contributed by atoms with Gasteiger partial charge in [-0.3, -0.25) is 14.6 Å². The molecule has 3 atom stereocenters. The van der Waals surface area contributed by atoms with E-state index in [0.29, 0.717) is 16.5 Å². The number of allylic oxidation sites excluding steroid dienone is 2. The third-order valence-corrected chi connectivity index (χ3v) is 4.68. The lowest BCUT2D eigenvalue weighted by Crippen LogP contribution is -2.52. The second kappa shape index (κ2) is 10.2. The Bertz CT molecular complexity index is 862. The summed E-state index contributed by atoms with van der Waals surface area (Å²) in [6.45, 7) is 5.27. The predicted molar refractivity (Wildman–Crippen MR) is 111 cm³/mol. The molecule has 1 aromatic rings. The van der Waals surface area contributed by atoms with Crippen molar-refractivity contribution in [1.82, 2.24) is 20.5 Å². The number of hydrogen-bond acceptors (Lipinski definition) is 6. The van der Waals surface area contributed by atoms with E-state index in [1.807, 2.05) is 13.8 Å². The summed E-state index contributed by atoms with van der Waals surface area (Å²) in [5, 5.41) is 25.5. The number of carbonyl (C=O) groups is 2. The third kappa shape index (κ3) is 6.14. The van der Waals surface area contributed by atoms with Crippen LogP contribution in [0.2, 0.25) is 0 Å². The number of carbonyl (C=O) groups excluding carboxylic acids is 2. The normalized spacial score (nSPS) is 17.9. The lowest BCUT2D eigenvalue weighted by molar-refractivity contribution is -0.129. The van der Waals surface area contributed by atoms with Crippen molar-refractivity contribution in [3.8, 4) is 6.07 Å². The highest BCUT2D eigenvalue weighted by atomic mass is 79.9. The minimum absolute atomic E-state index is 0.148. The summed E-state index contributed by atoms with van der Waals surface area (Å²) in [6.07, 6.45) is 7.19. The summed E-state index contributed by atoms with van der Waals surface area (Å²) < 4.78 is 0.697. The van der Waals surface area contributed by atoms with E-state index in [0.717, 1.165) is 0 Å². The van der Waals surface area contributed by atoms with Gasteiger partial charge in [-0.15, -0.1) is 0 Å². The smallest absolute Gasteiger partial charge is 0.244 e. The summed E-state index contributed by atoms with van der Waals surface area (Å²) in [6, 6.07) is 2.16. The number of aliphatic hydroxyl groups excluding tert-OH is 1. The van der Waals surface area contributed by atoms with Crippen molar-refractivity contribution in [3.05, 3.63) is 52.5 Å². The number of pyridine rings is 1. The van der Waals surface area contributed by atoms with Crippen molar-refractivity contribution in [2.75, 3.05) is 0 Å². The highest BCUT2D eigenvalue weighted by molar-refractivity contribution is 9.10. The number of nitrogens with one attached hydrogen (secondary N) is 2. The van der Waals surface area contributed by atoms with Crippen LogP contribution in [0.15, 0.2) is 47.0 Å². The fraction of sp³-hybridized carbons (Fsp3) is 0.400. The van der Waals surface area contributed by atoms with Gasteiger partial charge in [0.2, 0.25) is 11.8 Å². The number of nitriles is 1. The second-order valence-electron chi connectivity index (χ2n) is 7.12. The Hall–Kier alpha value is -2.70. The molecule has 0 unspecified atom stereocenters. The van der Waals surface area contributed by atoms with Gasteiger partial charge in [-0.1, -0.05) is 13.8 Å². The van der Waals surface area contributed by atoms with Crippen LogP contribution in [-0.2, 0) is 9.59 Å². The Kier molecular flexibility index (Phi) is 7.93. The molecular formula is C20H24BrN5O3. The SMILES string of the molecule is CC(=O)NC1=CC=CN([C@@H](CC(C)C)C(=O)N[C@H](C#N)c2cncc(Br)c2)[C@H]1O. The largest absolute Gasteiger partial charge is 0.368 e. The molecule has 0 aromatic carbocycles. The maximum atomic E-state index is 13.1. The molecule has 0 saturated heterocycles. The van der Waals surface area contributed by atoms with Crippen molar-refractivity contribution >= 4 is 27.7 Å². The highest BCUT2D eigenvalue weighted by Gasteiger charge is 2.33. The molecule has 0 aliphatic carbocycles. The maximum Gasteiger partial charge on any atom is 0.244 e. The molecule has 0 bridgehead atoms. The summed E-state index contributed by atoms with van der Waals surface area (Å²) in [5.74, 6) is -0.574. The van der Waals surface area contributed by atoms with E-state index >= 15 is 0 Å². The van der Waals surface area contributed by atoms with Crippen LogP contribution >= 0.6 is 15.9 Å². The van der Waals surface area contributed by atoms with Gasteiger partial charge in [0.05, 0.1) is 11.8 Å². The number of rotatable bonds is 7. The van der Waals surface area contributed by atoms with Gasteiger partial charge >= 0.3 is 0 Å². The van der Waals surface area contributed by atoms with E-state index in [-0.39, 0.29) is 17.5 Å². The van der Waals surface area contributed by atoms with Gasteiger partial charge in [0.25, 0.3) is 0 Å². The summed E-state index contributed by atoms with van der Waals surface area (Å²) in [4.78, 5) is 30.0. The van der Waals surface area contributed by atoms with Crippen LogP contribution in [0.5, 0.6) is 0 Å². The van der Waals surface area contributed by atoms with E-state index < -0.39 is 24.2 Å². The molecular weight excluding hydrogens is 438 g/mol. The van der Waals surface area contributed by atoms with Gasteiger partial charge in [0.15, 0.2) is 6.23 Å². The molecule has 2 rings (SSSR count). The van der Waals surface area contributed by atoms with E-state index in [4.69, 9.17) is 0 Å². The first-order valence-corrected chi connectivity index (χ1v) is 9.94. The molecule has 1 aliphatic heterocycles. The van der Waals surface area contributed by atoms with Crippen LogP contribution in [0.25, 0.3) is 0 Å². The molecule has 29 heavy (non-hydrogen) atoms. The molecule has 0 radical (unpaired) electrons. The number of halogens is 1. The van der Waals surface area contributed by atoms with Crippen LogP contribution in [0.4, 0.5) is 0 Å². The zero-order valence-electron chi connectivity index (χ0n) is 16.5. The molecule has 0 fully saturated rings. The molecule has 2 amide bonds. The Morgan fingerprint density at radius 1 is 1.41 bits per heavy atom. The first-order chi connectivity index (χ1) is 13.7. The molecule has 0 spiro atoms. The standard InChI is InChI=1S/C20H24BrN5O3/c1-12(2)7-18(26-6-4-5-16(20(26)29)24-13(3)27)19(28)25-17(9-22)14-8-15(21)11-23-10-14/h4-6,8,10-12,17-18,20,29H,7H2,1-3H3,(H,24,27)(H,25,28)/t17-,18+,20+/m1/s1. The average Bonchev–Trinajstić information content (AvgIpc) is 2.65. The Balaban J connectivity index is 2.24. The van der Waals surface area contributed by atoms with Crippen molar-refractivity contribution in [2.45, 2.75) is 45.5 Å². The van der Waals surface area contributed by atoms with Crippen molar-refractivity contribution in [2.24, 2.45) is 5.92 Å². The summed E-state index contributed by atoms with van der Waals surface area (Å²) in [5.41, 5.74) is 0.835. The third-order valence-electron chi connectivity index (χ3n) is 4.25. The van der Waals surface area contributed by atoms with Gasteiger partial charge in [0, 0.05) is 35.6 Å². The fourth-order valence-corrected chi connectivity index (χ4v) is 3.37. The van der Waals surface area contributed by atoms with E-state index in [1.54, 1.807) is 30.6 Å². The minimum atomic E-state index is -1.19. The molecule has 1 aromatic heterocycles.